The van der Waals surface area contributed by atoms with E-state index in [4.69, 9.17) is 5.73 Å². The van der Waals surface area contributed by atoms with E-state index in [1.54, 1.807) is 4.68 Å². The van der Waals surface area contributed by atoms with Gasteiger partial charge in [-0.2, -0.15) is 5.10 Å². The van der Waals surface area contributed by atoms with Gasteiger partial charge in [-0.25, -0.2) is 0 Å². The maximum Gasteiger partial charge on any atom is 0.263 e. The van der Waals surface area contributed by atoms with Crippen LogP contribution in [0.4, 0.5) is 5.69 Å². The molecule has 0 unspecified atom stereocenters. The Morgan fingerprint density at radius 2 is 2.26 bits per heavy atom. The van der Waals surface area contributed by atoms with Gasteiger partial charge in [0.15, 0.2) is 0 Å². The van der Waals surface area contributed by atoms with Crippen molar-refractivity contribution in [3.63, 3.8) is 0 Å². The molecule has 0 saturated heterocycles. The molecule has 2 aromatic heterocycles. The lowest BCUT2D eigenvalue weighted by atomic mass is 9.89. The normalized spacial score (nSPS) is 22.5. The van der Waals surface area contributed by atoms with E-state index >= 15 is 0 Å². The van der Waals surface area contributed by atoms with Gasteiger partial charge in [0, 0.05) is 13.1 Å². The summed E-state index contributed by atoms with van der Waals surface area (Å²) in [5, 5.41) is 17.3. The van der Waals surface area contributed by atoms with Gasteiger partial charge in [-0.3, -0.25) is 9.48 Å². The second-order valence-corrected chi connectivity index (χ2v) is 6.03. The number of carbonyl (C=O) groups excluding carboxylic acids is 1. The Balaban J connectivity index is 1.90. The van der Waals surface area contributed by atoms with Crippen LogP contribution in [0.1, 0.15) is 28.2 Å². The fraction of sp³-hybridized carbons (Fsp3) is 0.500. The topological polar surface area (TPSA) is 93.2 Å². The van der Waals surface area contributed by atoms with Gasteiger partial charge in [-0.15, -0.1) is 11.3 Å². The molecule has 0 aliphatic heterocycles. The molecular formula is C12H16N4O2S. The molecule has 4 N–H and O–H groups in total. The van der Waals surface area contributed by atoms with Crippen LogP contribution in [-0.4, -0.2) is 32.9 Å². The summed E-state index contributed by atoms with van der Waals surface area (Å²) in [5.74, 6) is -0.157. The summed E-state index contributed by atoms with van der Waals surface area (Å²) in [5.41, 5.74) is 7.40. The molecular weight excluding hydrogens is 264 g/mol. The lowest BCUT2D eigenvalue weighted by Crippen LogP contribution is -2.46. The predicted molar refractivity (Wildman–Crippen MR) is 74.2 cm³/mol. The summed E-state index contributed by atoms with van der Waals surface area (Å²) in [4.78, 5) is 13.6. The number of rotatable bonds is 2. The average molecular weight is 280 g/mol. The number of thiophene rings is 1. The first-order chi connectivity index (χ1) is 8.97. The zero-order valence-electron chi connectivity index (χ0n) is 10.8. The first-order valence-electron chi connectivity index (χ1n) is 6.18. The Labute approximate surface area is 114 Å². The number of nitrogens with one attached hydrogen (secondary N) is 1. The number of nitrogens with two attached hydrogens (primary N) is 1. The van der Waals surface area contributed by atoms with Gasteiger partial charge < -0.3 is 16.2 Å². The molecule has 0 radical (unpaired) electrons. The minimum atomic E-state index is -0.281. The molecule has 0 bridgehead atoms. The molecule has 1 fully saturated rings. The first-order valence-corrected chi connectivity index (χ1v) is 6.99. The van der Waals surface area contributed by atoms with Crippen molar-refractivity contribution in [2.24, 2.45) is 7.05 Å². The van der Waals surface area contributed by atoms with Crippen LogP contribution in [0.5, 0.6) is 0 Å². The summed E-state index contributed by atoms with van der Waals surface area (Å²) >= 11 is 1.36. The van der Waals surface area contributed by atoms with Crippen molar-refractivity contribution < 1.29 is 9.90 Å². The maximum absolute atomic E-state index is 12.2. The number of amides is 1. The van der Waals surface area contributed by atoms with Gasteiger partial charge in [-0.05, 0) is 19.8 Å². The molecule has 3 rings (SSSR count). The highest BCUT2D eigenvalue weighted by Gasteiger charge is 2.30. The molecule has 1 aliphatic rings. The minimum absolute atomic E-state index is 0.0614. The number of hydrogen-bond acceptors (Lipinski definition) is 5. The van der Waals surface area contributed by atoms with E-state index in [0.717, 1.165) is 15.9 Å². The van der Waals surface area contributed by atoms with E-state index in [-0.39, 0.29) is 18.1 Å². The van der Waals surface area contributed by atoms with Gasteiger partial charge in [0.1, 0.15) is 9.71 Å². The van der Waals surface area contributed by atoms with E-state index in [2.05, 4.69) is 10.4 Å². The number of anilines is 1. The quantitative estimate of drug-likeness (QED) is 0.758. The number of hydrogen-bond donors (Lipinski definition) is 3. The fourth-order valence-electron chi connectivity index (χ4n) is 2.45. The van der Waals surface area contributed by atoms with E-state index in [0.29, 0.717) is 23.4 Å². The Bertz CT molecular complexity index is 654. The second kappa shape index (κ2) is 4.21. The number of nitrogen functional groups attached to an aromatic ring is 1. The molecule has 1 saturated carbocycles. The minimum Gasteiger partial charge on any atom is -0.397 e. The smallest absolute Gasteiger partial charge is 0.263 e. The van der Waals surface area contributed by atoms with Crippen molar-refractivity contribution in [3.05, 3.63) is 10.6 Å². The van der Waals surface area contributed by atoms with Crippen molar-refractivity contribution in [1.29, 1.82) is 0 Å². The van der Waals surface area contributed by atoms with Gasteiger partial charge >= 0.3 is 0 Å². The lowest BCUT2D eigenvalue weighted by Gasteiger charge is -2.31. The van der Waals surface area contributed by atoms with Crippen LogP contribution in [-0.2, 0) is 7.05 Å². The zero-order valence-corrected chi connectivity index (χ0v) is 11.6. The Morgan fingerprint density at radius 1 is 1.58 bits per heavy atom. The molecule has 1 aliphatic carbocycles. The molecule has 0 spiro atoms. The van der Waals surface area contributed by atoms with Gasteiger partial charge in [0.2, 0.25) is 0 Å². The summed E-state index contributed by atoms with van der Waals surface area (Å²) in [7, 11) is 1.84. The number of aliphatic hydroxyl groups is 1. The molecule has 102 valence electrons. The molecule has 1 amide bonds. The number of carbonyl (C=O) groups is 1. The zero-order chi connectivity index (χ0) is 13.7. The van der Waals surface area contributed by atoms with Crippen LogP contribution in [0.15, 0.2) is 0 Å². The number of nitrogens with zero attached hydrogens (tertiary/aromatic N) is 2. The SMILES string of the molecule is Cc1nn(C)c2sc(C(=O)NC3CC(O)C3)c(N)c12. The van der Waals surface area contributed by atoms with Crippen molar-refractivity contribution in [2.45, 2.75) is 31.9 Å². The van der Waals surface area contributed by atoms with Crippen LogP contribution in [0.3, 0.4) is 0 Å². The molecule has 0 atom stereocenters. The van der Waals surface area contributed by atoms with Crippen LogP contribution in [0.25, 0.3) is 10.2 Å². The van der Waals surface area contributed by atoms with E-state index in [1.165, 1.54) is 11.3 Å². The number of aromatic nitrogens is 2. The van der Waals surface area contributed by atoms with Crippen molar-refractivity contribution >= 4 is 33.1 Å². The van der Waals surface area contributed by atoms with Crippen molar-refractivity contribution in [1.82, 2.24) is 15.1 Å². The molecule has 7 heteroatoms. The largest absolute Gasteiger partial charge is 0.397 e. The molecule has 2 heterocycles. The molecule has 0 aromatic carbocycles. The van der Waals surface area contributed by atoms with E-state index in [9.17, 15) is 9.90 Å². The number of aryl methyl sites for hydroxylation is 2. The van der Waals surface area contributed by atoms with Crippen LogP contribution in [0.2, 0.25) is 0 Å². The van der Waals surface area contributed by atoms with Crippen LogP contribution >= 0.6 is 11.3 Å². The standard InChI is InChI=1S/C12H16N4O2S/c1-5-8-9(13)10(19-12(8)16(2)15-5)11(18)14-6-3-7(17)4-6/h6-7,17H,3-4,13H2,1-2H3,(H,14,18). The van der Waals surface area contributed by atoms with Crippen LogP contribution < -0.4 is 11.1 Å². The Hall–Kier alpha value is -1.60. The summed E-state index contributed by atoms with van der Waals surface area (Å²) in [6, 6.07) is 0.0614. The third-order valence-electron chi connectivity index (χ3n) is 3.54. The fourth-order valence-corrected chi connectivity index (χ4v) is 3.54. The van der Waals surface area contributed by atoms with Crippen molar-refractivity contribution in [2.75, 3.05) is 5.73 Å². The van der Waals surface area contributed by atoms with Gasteiger partial charge in [0.05, 0.1) is 22.9 Å². The van der Waals surface area contributed by atoms with Crippen molar-refractivity contribution in [3.8, 4) is 0 Å². The third-order valence-corrected chi connectivity index (χ3v) is 4.81. The van der Waals surface area contributed by atoms with Crippen LogP contribution in [0, 0.1) is 6.92 Å². The van der Waals surface area contributed by atoms with E-state index < -0.39 is 0 Å². The summed E-state index contributed by atoms with van der Waals surface area (Å²) in [6.07, 6.45) is 0.963. The highest BCUT2D eigenvalue weighted by atomic mass is 32.1. The Kier molecular flexibility index (Phi) is 2.75. The summed E-state index contributed by atoms with van der Waals surface area (Å²) < 4.78 is 1.75. The first kappa shape index (κ1) is 12.4. The monoisotopic (exact) mass is 280 g/mol. The Morgan fingerprint density at radius 3 is 2.84 bits per heavy atom. The molecule has 2 aromatic rings. The third kappa shape index (κ3) is 1.89. The van der Waals surface area contributed by atoms with Gasteiger partial charge in [0.25, 0.3) is 5.91 Å². The average Bonchev–Trinajstić information content (AvgIpc) is 2.77. The van der Waals surface area contributed by atoms with Gasteiger partial charge in [-0.1, -0.05) is 0 Å². The predicted octanol–water partition coefficient (Wildman–Crippen LogP) is 0.779. The number of fused-ring (bicyclic) bond motifs is 1. The number of aliphatic hydroxyl groups excluding tert-OH is 1. The highest BCUT2D eigenvalue weighted by Crippen LogP contribution is 2.35. The molecule has 6 nitrogen and oxygen atoms in total. The maximum atomic E-state index is 12.2. The lowest BCUT2D eigenvalue weighted by molar-refractivity contribution is 0.0565. The second-order valence-electron chi connectivity index (χ2n) is 5.03. The highest BCUT2D eigenvalue weighted by molar-refractivity contribution is 7.21. The molecule has 19 heavy (non-hydrogen) atoms. The summed E-state index contributed by atoms with van der Waals surface area (Å²) in [6.45, 7) is 1.88. The van der Waals surface area contributed by atoms with E-state index in [1.807, 2.05) is 14.0 Å².